The minimum atomic E-state index is -0.298. The molecular formula is C14H22BrN3O2. The lowest BCUT2D eigenvalue weighted by Crippen LogP contribution is -2.46. The predicted molar refractivity (Wildman–Crippen MR) is 82.7 cm³/mol. The fourth-order valence-electron chi connectivity index (χ4n) is 1.86. The van der Waals surface area contributed by atoms with Crippen molar-refractivity contribution < 1.29 is 9.59 Å². The predicted octanol–water partition coefficient (Wildman–Crippen LogP) is 2.26. The number of aromatic nitrogens is 1. The van der Waals surface area contributed by atoms with Crippen LogP contribution in [0.5, 0.6) is 0 Å². The molecule has 5 nitrogen and oxygen atoms in total. The fourth-order valence-corrected chi connectivity index (χ4v) is 2.32. The van der Waals surface area contributed by atoms with E-state index in [0.717, 1.165) is 4.47 Å². The number of halogens is 1. The molecule has 1 heterocycles. The molecule has 0 saturated carbocycles. The lowest BCUT2D eigenvalue weighted by atomic mass is 10.1. The zero-order valence-electron chi connectivity index (χ0n) is 12.7. The average Bonchev–Trinajstić information content (AvgIpc) is 2.66. The standard InChI is InChI=1S/C14H22BrN3O2/c1-6-18-8-10(15)7-11(18)13(20)17(5)9-12(19)16-14(2,3)4/h7-8H,6,9H2,1-5H3,(H,16,19). The number of carbonyl (C=O) groups excluding carboxylic acids is 2. The molecule has 1 rings (SSSR count). The van der Waals surface area contributed by atoms with Gasteiger partial charge in [0.25, 0.3) is 5.91 Å². The molecule has 1 aromatic rings. The van der Waals surface area contributed by atoms with Gasteiger partial charge >= 0.3 is 0 Å². The first-order valence-corrected chi connectivity index (χ1v) is 7.35. The van der Waals surface area contributed by atoms with E-state index in [1.165, 1.54) is 4.90 Å². The lowest BCUT2D eigenvalue weighted by molar-refractivity contribution is -0.122. The van der Waals surface area contributed by atoms with Gasteiger partial charge in [0, 0.05) is 29.8 Å². The molecule has 0 spiro atoms. The molecule has 1 N–H and O–H groups in total. The van der Waals surface area contributed by atoms with Crippen molar-refractivity contribution in [2.45, 2.75) is 39.8 Å². The fraction of sp³-hybridized carbons (Fsp3) is 0.571. The second-order valence-corrected chi connectivity index (χ2v) is 6.70. The van der Waals surface area contributed by atoms with Gasteiger partial charge in [0.05, 0.1) is 6.54 Å². The number of likely N-dealkylation sites (N-methyl/N-ethyl adjacent to an activating group) is 1. The van der Waals surface area contributed by atoms with Crippen LogP contribution < -0.4 is 5.32 Å². The molecular weight excluding hydrogens is 322 g/mol. The molecule has 0 aliphatic rings. The van der Waals surface area contributed by atoms with Gasteiger partial charge in [-0.05, 0) is 49.7 Å². The summed E-state index contributed by atoms with van der Waals surface area (Å²) in [6, 6.07) is 1.77. The molecule has 2 amide bonds. The number of amides is 2. The molecule has 1 aromatic heterocycles. The number of aryl methyl sites for hydroxylation is 1. The van der Waals surface area contributed by atoms with E-state index in [1.807, 2.05) is 38.5 Å². The molecule has 0 radical (unpaired) electrons. The highest BCUT2D eigenvalue weighted by Crippen LogP contribution is 2.16. The van der Waals surface area contributed by atoms with Crippen molar-refractivity contribution in [3.8, 4) is 0 Å². The van der Waals surface area contributed by atoms with Crippen LogP contribution in [0.4, 0.5) is 0 Å². The number of carbonyl (C=O) groups is 2. The van der Waals surface area contributed by atoms with Crippen LogP contribution in [0.25, 0.3) is 0 Å². The Bertz CT molecular complexity index is 503. The van der Waals surface area contributed by atoms with Gasteiger partial charge < -0.3 is 14.8 Å². The summed E-state index contributed by atoms with van der Waals surface area (Å²) in [5.74, 6) is -0.330. The van der Waals surface area contributed by atoms with Crippen molar-refractivity contribution in [2.75, 3.05) is 13.6 Å². The van der Waals surface area contributed by atoms with Crippen molar-refractivity contribution in [2.24, 2.45) is 0 Å². The highest BCUT2D eigenvalue weighted by atomic mass is 79.9. The number of hydrogen-bond donors (Lipinski definition) is 1. The summed E-state index contributed by atoms with van der Waals surface area (Å²) in [4.78, 5) is 25.6. The summed E-state index contributed by atoms with van der Waals surface area (Å²) >= 11 is 3.36. The van der Waals surface area contributed by atoms with E-state index in [9.17, 15) is 9.59 Å². The van der Waals surface area contributed by atoms with E-state index in [-0.39, 0.29) is 23.9 Å². The van der Waals surface area contributed by atoms with Crippen molar-refractivity contribution >= 4 is 27.7 Å². The van der Waals surface area contributed by atoms with Crippen LogP contribution in [0.2, 0.25) is 0 Å². The van der Waals surface area contributed by atoms with Gasteiger partial charge in [0.2, 0.25) is 5.91 Å². The second-order valence-electron chi connectivity index (χ2n) is 5.79. The Labute approximate surface area is 128 Å². The molecule has 0 fully saturated rings. The number of hydrogen-bond acceptors (Lipinski definition) is 2. The first-order chi connectivity index (χ1) is 9.14. The third-order valence-corrected chi connectivity index (χ3v) is 3.10. The van der Waals surface area contributed by atoms with Crippen molar-refractivity contribution in [3.05, 3.63) is 22.4 Å². The normalized spacial score (nSPS) is 11.3. The lowest BCUT2D eigenvalue weighted by Gasteiger charge is -2.23. The van der Waals surface area contributed by atoms with Crippen LogP contribution in [0.1, 0.15) is 38.2 Å². The Kier molecular flexibility index (Phi) is 5.39. The SMILES string of the molecule is CCn1cc(Br)cc1C(=O)N(C)CC(=O)NC(C)(C)C. The third-order valence-electron chi connectivity index (χ3n) is 2.66. The van der Waals surface area contributed by atoms with Gasteiger partial charge in [-0.3, -0.25) is 9.59 Å². The van der Waals surface area contributed by atoms with Crippen molar-refractivity contribution in [3.63, 3.8) is 0 Å². The molecule has 0 aromatic carbocycles. The van der Waals surface area contributed by atoms with E-state index < -0.39 is 0 Å². The highest BCUT2D eigenvalue weighted by Gasteiger charge is 2.21. The Morgan fingerprint density at radius 3 is 2.50 bits per heavy atom. The zero-order valence-corrected chi connectivity index (χ0v) is 14.2. The molecule has 0 aliphatic carbocycles. The maximum atomic E-state index is 12.3. The Morgan fingerprint density at radius 2 is 2.00 bits per heavy atom. The van der Waals surface area contributed by atoms with Crippen LogP contribution in [0.3, 0.4) is 0 Å². The van der Waals surface area contributed by atoms with Gasteiger partial charge in [0.15, 0.2) is 0 Å². The summed E-state index contributed by atoms with van der Waals surface area (Å²) < 4.78 is 2.71. The van der Waals surface area contributed by atoms with E-state index in [4.69, 9.17) is 0 Å². The molecule has 0 aliphatic heterocycles. The summed E-state index contributed by atoms with van der Waals surface area (Å²) in [6.45, 7) is 8.44. The first-order valence-electron chi connectivity index (χ1n) is 6.56. The van der Waals surface area contributed by atoms with E-state index >= 15 is 0 Å². The van der Waals surface area contributed by atoms with Crippen LogP contribution >= 0.6 is 15.9 Å². The Hall–Kier alpha value is -1.30. The zero-order chi connectivity index (χ0) is 15.5. The van der Waals surface area contributed by atoms with Crippen LogP contribution in [0.15, 0.2) is 16.7 Å². The van der Waals surface area contributed by atoms with Crippen molar-refractivity contribution in [1.29, 1.82) is 0 Å². The smallest absolute Gasteiger partial charge is 0.270 e. The summed E-state index contributed by atoms with van der Waals surface area (Å²) in [6.07, 6.45) is 1.86. The van der Waals surface area contributed by atoms with Crippen LogP contribution in [-0.4, -0.2) is 40.4 Å². The van der Waals surface area contributed by atoms with Crippen molar-refractivity contribution in [1.82, 2.24) is 14.8 Å². The van der Waals surface area contributed by atoms with Gasteiger partial charge in [-0.2, -0.15) is 0 Å². The monoisotopic (exact) mass is 343 g/mol. The highest BCUT2D eigenvalue weighted by molar-refractivity contribution is 9.10. The van der Waals surface area contributed by atoms with Gasteiger partial charge in [-0.25, -0.2) is 0 Å². The van der Waals surface area contributed by atoms with Crippen LogP contribution in [0, 0.1) is 0 Å². The second kappa shape index (κ2) is 6.43. The molecule has 0 bridgehead atoms. The maximum Gasteiger partial charge on any atom is 0.270 e. The molecule has 20 heavy (non-hydrogen) atoms. The van der Waals surface area contributed by atoms with E-state index in [0.29, 0.717) is 12.2 Å². The number of nitrogens with zero attached hydrogens (tertiary/aromatic N) is 2. The van der Waals surface area contributed by atoms with Crippen LogP contribution in [-0.2, 0) is 11.3 Å². The quantitative estimate of drug-likeness (QED) is 0.911. The summed E-state index contributed by atoms with van der Waals surface area (Å²) in [5, 5.41) is 2.84. The number of nitrogens with one attached hydrogen (secondary N) is 1. The first kappa shape index (κ1) is 16.8. The minimum Gasteiger partial charge on any atom is -0.350 e. The molecule has 6 heteroatoms. The topological polar surface area (TPSA) is 54.3 Å². The number of rotatable bonds is 4. The minimum absolute atomic E-state index is 0.0443. The molecule has 0 atom stereocenters. The van der Waals surface area contributed by atoms with E-state index in [2.05, 4.69) is 21.2 Å². The molecule has 0 unspecified atom stereocenters. The summed E-state index contributed by atoms with van der Waals surface area (Å²) in [5.41, 5.74) is 0.276. The van der Waals surface area contributed by atoms with Gasteiger partial charge in [-0.1, -0.05) is 0 Å². The summed E-state index contributed by atoms with van der Waals surface area (Å²) in [7, 11) is 1.63. The average molecular weight is 344 g/mol. The molecule has 0 saturated heterocycles. The third kappa shape index (κ3) is 4.67. The Balaban J connectivity index is 2.74. The van der Waals surface area contributed by atoms with Gasteiger partial charge in [0.1, 0.15) is 5.69 Å². The largest absolute Gasteiger partial charge is 0.350 e. The van der Waals surface area contributed by atoms with Gasteiger partial charge in [-0.15, -0.1) is 0 Å². The Morgan fingerprint density at radius 1 is 1.40 bits per heavy atom. The maximum absolute atomic E-state index is 12.3. The molecule has 112 valence electrons. The van der Waals surface area contributed by atoms with E-state index in [1.54, 1.807) is 13.1 Å².